The van der Waals surface area contributed by atoms with Crippen LogP contribution in [0.3, 0.4) is 0 Å². The number of carboxylic acid groups (broad SMARTS) is 1. The van der Waals surface area contributed by atoms with Gasteiger partial charge < -0.3 is 15.7 Å². The second-order valence-electron chi connectivity index (χ2n) is 3.39. The summed E-state index contributed by atoms with van der Waals surface area (Å²) in [7, 11) is 1.75. The normalized spacial score (nSPS) is 10.4. The highest BCUT2D eigenvalue weighted by Crippen LogP contribution is 1.79. The van der Waals surface area contributed by atoms with Crippen molar-refractivity contribution in [2.45, 2.75) is 0 Å². The molecule has 0 saturated carbocycles. The van der Waals surface area contributed by atoms with Gasteiger partial charge >= 0.3 is 5.97 Å². The zero-order valence-electron chi connectivity index (χ0n) is 9.40. The van der Waals surface area contributed by atoms with Gasteiger partial charge in [-0.15, -0.1) is 0 Å². The minimum atomic E-state index is -0.830. The van der Waals surface area contributed by atoms with Gasteiger partial charge in [0.25, 0.3) is 0 Å². The highest BCUT2D eigenvalue weighted by molar-refractivity contribution is 7.81. The first-order chi connectivity index (χ1) is 7.56. The Morgan fingerprint density at radius 1 is 1.31 bits per heavy atom. The van der Waals surface area contributed by atoms with E-state index in [0.717, 1.165) is 0 Å². The topological polar surface area (TPSA) is 81.7 Å². The Bertz CT molecular complexity index is 226. The molecule has 0 aliphatic rings. The number of carboxylic acids is 1. The molecule has 0 fully saturated rings. The van der Waals surface area contributed by atoms with E-state index >= 15 is 0 Å². The van der Waals surface area contributed by atoms with Crippen molar-refractivity contribution < 1.29 is 14.7 Å². The van der Waals surface area contributed by atoms with E-state index in [0.29, 0.717) is 26.2 Å². The van der Waals surface area contributed by atoms with Crippen molar-refractivity contribution in [1.82, 2.24) is 15.5 Å². The Labute approximate surface area is 101 Å². The maximum Gasteiger partial charge on any atom is 0.317 e. The molecule has 0 aliphatic carbocycles. The SMILES string of the molecule is CN(CCNCCNC(=O)CS)CC(=O)O. The third kappa shape index (κ3) is 9.75. The van der Waals surface area contributed by atoms with Gasteiger partial charge in [0.05, 0.1) is 12.3 Å². The summed E-state index contributed by atoms with van der Waals surface area (Å²) in [6, 6.07) is 0. The van der Waals surface area contributed by atoms with Gasteiger partial charge in [-0.3, -0.25) is 14.5 Å². The molecule has 0 spiro atoms. The molecular formula is C9H19N3O3S. The molecule has 16 heavy (non-hydrogen) atoms. The van der Waals surface area contributed by atoms with E-state index < -0.39 is 5.97 Å². The van der Waals surface area contributed by atoms with Crippen molar-refractivity contribution in [3.05, 3.63) is 0 Å². The lowest BCUT2D eigenvalue weighted by Gasteiger charge is -2.14. The van der Waals surface area contributed by atoms with Crippen LogP contribution in [-0.4, -0.2) is 67.4 Å². The molecule has 0 aromatic rings. The van der Waals surface area contributed by atoms with Crippen LogP contribution < -0.4 is 10.6 Å². The van der Waals surface area contributed by atoms with Gasteiger partial charge in [-0.05, 0) is 7.05 Å². The minimum Gasteiger partial charge on any atom is -0.480 e. The van der Waals surface area contributed by atoms with Gasteiger partial charge in [0.1, 0.15) is 0 Å². The van der Waals surface area contributed by atoms with Crippen molar-refractivity contribution in [2.24, 2.45) is 0 Å². The Kier molecular flexibility index (Phi) is 8.97. The van der Waals surface area contributed by atoms with Crippen LogP contribution in [0.1, 0.15) is 0 Å². The van der Waals surface area contributed by atoms with E-state index in [1.165, 1.54) is 0 Å². The molecule has 0 atom stereocenters. The summed E-state index contributed by atoms with van der Waals surface area (Å²) in [5.74, 6) is -0.724. The summed E-state index contributed by atoms with van der Waals surface area (Å²) in [5.41, 5.74) is 0. The quantitative estimate of drug-likeness (QED) is 0.300. The number of hydrogen-bond donors (Lipinski definition) is 4. The lowest BCUT2D eigenvalue weighted by atomic mass is 10.5. The fourth-order valence-corrected chi connectivity index (χ4v) is 1.16. The molecule has 0 heterocycles. The molecule has 7 heteroatoms. The molecular weight excluding hydrogens is 230 g/mol. The van der Waals surface area contributed by atoms with Crippen LogP contribution in [-0.2, 0) is 9.59 Å². The van der Waals surface area contributed by atoms with Gasteiger partial charge in [0.2, 0.25) is 5.91 Å². The Hall–Kier alpha value is -0.790. The molecule has 0 bridgehead atoms. The fraction of sp³-hybridized carbons (Fsp3) is 0.778. The lowest BCUT2D eigenvalue weighted by molar-refractivity contribution is -0.138. The average molecular weight is 249 g/mol. The molecule has 0 saturated heterocycles. The lowest BCUT2D eigenvalue weighted by Crippen LogP contribution is -2.37. The van der Waals surface area contributed by atoms with E-state index in [2.05, 4.69) is 23.3 Å². The standard InChI is InChI=1S/C9H19N3O3S/c1-12(6-9(14)15)5-4-10-2-3-11-8(13)7-16/h10,16H,2-7H2,1H3,(H,11,13)(H,14,15). The molecule has 0 aliphatic heterocycles. The maximum absolute atomic E-state index is 10.8. The highest BCUT2D eigenvalue weighted by Gasteiger charge is 2.02. The third-order valence-electron chi connectivity index (χ3n) is 1.84. The number of likely N-dealkylation sites (N-methyl/N-ethyl adjacent to an activating group) is 1. The number of rotatable bonds is 9. The number of hydrogen-bond acceptors (Lipinski definition) is 5. The van der Waals surface area contributed by atoms with Gasteiger partial charge in [0, 0.05) is 26.2 Å². The number of nitrogens with zero attached hydrogens (tertiary/aromatic N) is 1. The van der Waals surface area contributed by atoms with Gasteiger partial charge in [0.15, 0.2) is 0 Å². The zero-order valence-corrected chi connectivity index (χ0v) is 10.3. The maximum atomic E-state index is 10.8. The predicted molar refractivity (Wildman–Crippen MR) is 64.9 cm³/mol. The van der Waals surface area contributed by atoms with Crippen LogP contribution in [0.15, 0.2) is 0 Å². The molecule has 0 rings (SSSR count). The zero-order chi connectivity index (χ0) is 12.4. The first kappa shape index (κ1) is 15.2. The molecule has 1 amide bonds. The van der Waals surface area contributed by atoms with Crippen molar-refractivity contribution >= 4 is 24.5 Å². The van der Waals surface area contributed by atoms with Crippen molar-refractivity contribution in [2.75, 3.05) is 45.5 Å². The Morgan fingerprint density at radius 3 is 2.56 bits per heavy atom. The largest absolute Gasteiger partial charge is 0.480 e. The van der Waals surface area contributed by atoms with Gasteiger partial charge in [-0.25, -0.2) is 0 Å². The predicted octanol–water partition coefficient (Wildman–Crippen LogP) is -1.36. The Balaban J connectivity index is 3.26. The molecule has 0 aromatic carbocycles. The van der Waals surface area contributed by atoms with Crippen LogP contribution in [0.25, 0.3) is 0 Å². The number of nitrogens with one attached hydrogen (secondary N) is 2. The number of aliphatic carboxylic acids is 1. The van der Waals surface area contributed by atoms with Crippen molar-refractivity contribution in [1.29, 1.82) is 0 Å². The summed E-state index contributed by atoms with van der Waals surface area (Å²) < 4.78 is 0. The van der Waals surface area contributed by atoms with Crippen LogP contribution in [0.5, 0.6) is 0 Å². The number of carbonyl (C=O) groups excluding carboxylic acids is 1. The highest BCUT2D eigenvalue weighted by atomic mass is 32.1. The van der Waals surface area contributed by atoms with Crippen molar-refractivity contribution in [3.63, 3.8) is 0 Å². The van der Waals surface area contributed by atoms with E-state index in [1.807, 2.05) is 0 Å². The third-order valence-corrected chi connectivity index (χ3v) is 2.13. The summed E-state index contributed by atoms with van der Waals surface area (Å²) in [6.07, 6.45) is 0. The monoisotopic (exact) mass is 249 g/mol. The fourth-order valence-electron chi connectivity index (χ4n) is 1.05. The summed E-state index contributed by atoms with van der Waals surface area (Å²) in [5, 5.41) is 14.3. The number of thiol groups is 1. The van der Waals surface area contributed by atoms with Crippen LogP contribution in [0.4, 0.5) is 0 Å². The molecule has 94 valence electrons. The molecule has 0 radical (unpaired) electrons. The first-order valence-electron chi connectivity index (χ1n) is 5.05. The molecule has 0 unspecified atom stereocenters. The van der Waals surface area contributed by atoms with Crippen LogP contribution in [0, 0.1) is 0 Å². The first-order valence-corrected chi connectivity index (χ1v) is 5.68. The van der Waals surface area contributed by atoms with Gasteiger partial charge in [-0.1, -0.05) is 0 Å². The van der Waals surface area contributed by atoms with E-state index in [9.17, 15) is 9.59 Å². The molecule has 6 nitrogen and oxygen atoms in total. The summed E-state index contributed by atoms with van der Waals surface area (Å²) in [6.45, 7) is 2.62. The summed E-state index contributed by atoms with van der Waals surface area (Å²) in [4.78, 5) is 22.8. The Morgan fingerprint density at radius 2 is 2.00 bits per heavy atom. The van der Waals surface area contributed by atoms with Gasteiger partial charge in [-0.2, -0.15) is 12.6 Å². The van der Waals surface area contributed by atoms with E-state index in [-0.39, 0.29) is 18.2 Å². The summed E-state index contributed by atoms with van der Waals surface area (Å²) >= 11 is 3.82. The average Bonchev–Trinajstić information content (AvgIpc) is 2.21. The number of amides is 1. The minimum absolute atomic E-state index is 0.0398. The van der Waals surface area contributed by atoms with Crippen LogP contribution in [0.2, 0.25) is 0 Å². The second-order valence-corrected chi connectivity index (χ2v) is 3.71. The second kappa shape index (κ2) is 9.44. The van der Waals surface area contributed by atoms with E-state index in [1.54, 1.807) is 11.9 Å². The van der Waals surface area contributed by atoms with Crippen LogP contribution >= 0.6 is 12.6 Å². The smallest absolute Gasteiger partial charge is 0.317 e. The van der Waals surface area contributed by atoms with Crippen molar-refractivity contribution in [3.8, 4) is 0 Å². The molecule has 3 N–H and O–H groups in total. The number of carbonyl (C=O) groups is 2. The van der Waals surface area contributed by atoms with E-state index in [4.69, 9.17) is 5.11 Å². The molecule has 0 aromatic heterocycles.